The van der Waals surface area contributed by atoms with Crippen molar-refractivity contribution in [3.8, 4) is 17.0 Å². The van der Waals surface area contributed by atoms with E-state index in [2.05, 4.69) is 20.3 Å². The fourth-order valence-corrected chi connectivity index (χ4v) is 3.63. The molecule has 146 valence electrons. The van der Waals surface area contributed by atoms with Gasteiger partial charge in [-0.3, -0.25) is 9.59 Å². The number of thiazole rings is 1. The van der Waals surface area contributed by atoms with Crippen LogP contribution in [0.3, 0.4) is 0 Å². The molecule has 1 amide bonds. The quantitative estimate of drug-likeness (QED) is 0.510. The number of carbonyl (C=O) groups is 1. The van der Waals surface area contributed by atoms with Gasteiger partial charge in [0.25, 0.3) is 5.56 Å². The van der Waals surface area contributed by atoms with E-state index in [9.17, 15) is 9.59 Å². The van der Waals surface area contributed by atoms with Crippen molar-refractivity contribution in [2.24, 2.45) is 0 Å². The number of aromatic nitrogens is 3. The Bertz CT molecular complexity index is 1210. The highest BCUT2D eigenvalue weighted by atomic mass is 32.1. The summed E-state index contributed by atoms with van der Waals surface area (Å²) in [5.41, 5.74) is 2.15. The van der Waals surface area contributed by atoms with E-state index in [1.165, 1.54) is 11.3 Å². The first kappa shape index (κ1) is 18.8. The van der Waals surface area contributed by atoms with Crippen LogP contribution in [-0.2, 0) is 11.2 Å². The molecular weight excluding hydrogens is 388 g/mol. The number of para-hydroxylation sites is 1. The molecule has 0 saturated carbocycles. The number of H-pyrrole nitrogens is 1. The third-order valence-electron chi connectivity index (χ3n) is 4.39. The zero-order valence-electron chi connectivity index (χ0n) is 15.6. The van der Waals surface area contributed by atoms with Crippen molar-refractivity contribution >= 4 is 33.3 Å². The summed E-state index contributed by atoms with van der Waals surface area (Å²) in [6, 6.07) is 14.7. The van der Waals surface area contributed by atoms with Crippen LogP contribution in [0, 0.1) is 0 Å². The van der Waals surface area contributed by atoms with E-state index in [1.807, 2.05) is 35.7 Å². The van der Waals surface area contributed by atoms with Crippen LogP contribution in [0.25, 0.3) is 22.2 Å². The molecule has 0 unspecified atom stereocenters. The average molecular weight is 406 g/mol. The first-order chi connectivity index (χ1) is 14.1. The molecule has 0 fully saturated rings. The van der Waals surface area contributed by atoms with Crippen LogP contribution < -0.4 is 15.6 Å². The molecule has 4 rings (SSSR count). The maximum absolute atomic E-state index is 12.3. The van der Waals surface area contributed by atoms with Gasteiger partial charge in [-0.2, -0.15) is 0 Å². The summed E-state index contributed by atoms with van der Waals surface area (Å²) in [4.78, 5) is 36.0. The van der Waals surface area contributed by atoms with Crippen molar-refractivity contribution < 1.29 is 9.53 Å². The van der Waals surface area contributed by atoms with Crippen LogP contribution in [0.15, 0.2) is 58.7 Å². The third kappa shape index (κ3) is 4.33. The van der Waals surface area contributed by atoms with E-state index in [0.29, 0.717) is 28.3 Å². The lowest BCUT2D eigenvalue weighted by atomic mass is 10.2. The lowest BCUT2D eigenvalue weighted by Gasteiger charge is -2.04. The molecule has 2 N–H and O–H groups in total. The van der Waals surface area contributed by atoms with E-state index >= 15 is 0 Å². The number of nitrogens with zero attached hydrogens (tertiary/aromatic N) is 2. The maximum atomic E-state index is 12.3. The molecule has 0 spiro atoms. The standard InChI is InChI=1S/C21H18N4O3S/c1-28-14-8-6-13(7-9-14)17-12-29-21(23-17)25-19(26)11-10-18-22-16-5-3-2-4-15(16)20(27)24-18/h2-9,12H,10-11H2,1H3,(H,22,24,27)(H,23,25,26). The minimum absolute atomic E-state index is 0.184. The molecule has 2 heterocycles. The Morgan fingerprint density at radius 3 is 2.72 bits per heavy atom. The molecule has 0 bridgehead atoms. The number of rotatable bonds is 6. The Labute approximate surface area is 170 Å². The summed E-state index contributed by atoms with van der Waals surface area (Å²) < 4.78 is 5.16. The minimum atomic E-state index is -0.199. The van der Waals surface area contributed by atoms with Gasteiger partial charge in [-0.25, -0.2) is 9.97 Å². The van der Waals surface area contributed by atoms with E-state index in [-0.39, 0.29) is 17.9 Å². The van der Waals surface area contributed by atoms with E-state index in [1.54, 1.807) is 25.3 Å². The maximum Gasteiger partial charge on any atom is 0.258 e. The van der Waals surface area contributed by atoms with Crippen LogP contribution in [0.5, 0.6) is 5.75 Å². The summed E-state index contributed by atoms with van der Waals surface area (Å²) in [7, 11) is 1.62. The number of ether oxygens (including phenoxy) is 1. The number of amides is 1. The van der Waals surface area contributed by atoms with Gasteiger partial charge in [-0.1, -0.05) is 12.1 Å². The van der Waals surface area contributed by atoms with Crippen molar-refractivity contribution in [2.75, 3.05) is 12.4 Å². The Balaban J connectivity index is 1.39. The highest BCUT2D eigenvalue weighted by Gasteiger charge is 2.10. The third-order valence-corrected chi connectivity index (χ3v) is 5.14. The molecule has 0 aliphatic rings. The smallest absolute Gasteiger partial charge is 0.258 e. The van der Waals surface area contributed by atoms with Crippen LogP contribution in [0.4, 0.5) is 5.13 Å². The second-order valence-electron chi connectivity index (χ2n) is 6.34. The molecule has 8 heteroatoms. The van der Waals surface area contributed by atoms with Gasteiger partial charge in [0.1, 0.15) is 11.6 Å². The summed E-state index contributed by atoms with van der Waals surface area (Å²) in [6.45, 7) is 0. The van der Waals surface area contributed by atoms with Crippen LogP contribution in [0.2, 0.25) is 0 Å². The van der Waals surface area contributed by atoms with E-state index in [0.717, 1.165) is 17.0 Å². The highest BCUT2D eigenvalue weighted by Crippen LogP contribution is 2.26. The fraction of sp³-hybridized carbons (Fsp3) is 0.143. The number of benzene rings is 2. The van der Waals surface area contributed by atoms with Crippen LogP contribution in [-0.4, -0.2) is 28.0 Å². The van der Waals surface area contributed by atoms with Gasteiger partial charge in [-0.05, 0) is 36.4 Å². The first-order valence-electron chi connectivity index (χ1n) is 9.00. The van der Waals surface area contributed by atoms with Gasteiger partial charge in [0.2, 0.25) is 5.91 Å². The predicted molar refractivity (Wildman–Crippen MR) is 113 cm³/mol. The zero-order chi connectivity index (χ0) is 20.2. The molecule has 0 saturated heterocycles. The average Bonchev–Trinajstić information content (AvgIpc) is 3.21. The van der Waals surface area contributed by atoms with Gasteiger partial charge < -0.3 is 15.0 Å². The zero-order valence-corrected chi connectivity index (χ0v) is 16.5. The number of nitrogens with one attached hydrogen (secondary N) is 2. The van der Waals surface area contributed by atoms with Crippen molar-refractivity contribution in [3.63, 3.8) is 0 Å². The number of methoxy groups -OCH3 is 1. The molecule has 7 nitrogen and oxygen atoms in total. The lowest BCUT2D eigenvalue weighted by Crippen LogP contribution is -2.16. The lowest BCUT2D eigenvalue weighted by molar-refractivity contribution is -0.116. The molecule has 0 aliphatic heterocycles. The van der Waals surface area contributed by atoms with Gasteiger partial charge in [0, 0.05) is 23.8 Å². The summed E-state index contributed by atoms with van der Waals surface area (Å²) in [5, 5.41) is 5.75. The first-order valence-corrected chi connectivity index (χ1v) is 9.88. The topological polar surface area (TPSA) is 97.0 Å². The van der Waals surface area contributed by atoms with Gasteiger partial charge in [0.05, 0.1) is 23.7 Å². The van der Waals surface area contributed by atoms with Crippen LogP contribution in [0.1, 0.15) is 12.2 Å². The second-order valence-corrected chi connectivity index (χ2v) is 7.20. The van der Waals surface area contributed by atoms with Gasteiger partial charge in [0.15, 0.2) is 5.13 Å². The predicted octanol–water partition coefficient (Wildman–Crippen LogP) is 3.63. The number of aryl methyl sites for hydroxylation is 1. The SMILES string of the molecule is COc1ccc(-c2csc(NC(=O)CCc3nc4ccccc4c(=O)[nH]3)n2)cc1. The summed E-state index contributed by atoms with van der Waals surface area (Å²) >= 11 is 1.36. The number of fused-ring (bicyclic) bond motifs is 1. The Hall–Kier alpha value is -3.52. The monoisotopic (exact) mass is 406 g/mol. The largest absolute Gasteiger partial charge is 0.497 e. The Morgan fingerprint density at radius 2 is 1.93 bits per heavy atom. The second kappa shape index (κ2) is 8.24. The molecule has 0 aliphatic carbocycles. The van der Waals surface area contributed by atoms with E-state index in [4.69, 9.17) is 4.74 Å². The molecule has 4 aromatic rings. The van der Waals surface area contributed by atoms with Crippen molar-refractivity contribution in [2.45, 2.75) is 12.8 Å². The van der Waals surface area contributed by atoms with E-state index < -0.39 is 0 Å². The Kier molecular flexibility index (Phi) is 5.35. The normalized spacial score (nSPS) is 10.8. The Morgan fingerprint density at radius 1 is 1.14 bits per heavy atom. The molecular formula is C21H18N4O3S. The number of aromatic amines is 1. The van der Waals surface area contributed by atoms with Crippen molar-refractivity contribution in [1.29, 1.82) is 0 Å². The minimum Gasteiger partial charge on any atom is -0.497 e. The van der Waals surface area contributed by atoms with Crippen molar-refractivity contribution in [1.82, 2.24) is 15.0 Å². The number of anilines is 1. The molecule has 29 heavy (non-hydrogen) atoms. The number of hydrogen-bond donors (Lipinski definition) is 2. The molecule has 0 radical (unpaired) electrons. The van der Waals surface area contributed by atoms with Gasteiger partial charge in [-0.15, -0.1) is 11.3 Å². The van der Waals surface area contributed by atoms with Gasteiger partial charge >= 0.3 is 0 Å². The van der Waals surface area contributed by atoms with Crippen molar-refractivity contribution in [3.05, 3.63) is 70.1 Å². The molecule has 0 atom stereocenters. The van der Waals surface area contributed by atoms with Crippen LogP contribution >= 0.6 is 11.3 Å². The fourth-order valence-electron chi connectivity index (χ4n) is 2.89. The summed E-state index contributed by atoms with van der Waals surface area (Å²) in [5.74, 6) is 1.08. The highest BCUT2D eigenvalue weighted by molar-refractivity contribution is 7.14. The molecule has 2 aromatic heterocycles. The number of carbonyl (C=O) groups excluding carboxylic acids is 1. The molecule has 2 aromatic carbocycles. The number of hydrogen-bond acceptors (Lipinski definition) is 6. The summed E-state index contributed by atoms with van der Waals surface area (Å²) in [6.07, 6.45) is 0.529.